The second kappa shape index (κ2) is 5.16. The highest BCUT2D eigenvalue weighted by atomic mass is 32.2. The maximum atomic E-state index is 12.5. The number of hydrogen-bond donors (Lipinski definition) is 0. The van der Waals surface area contributed by atoms with E-state index in [-0.39, 0.29) is 22.7 Å². The topological polar surface area (TPSA) is 72.3 Å². The van der Waals surface area contributed by atoms with Crippen molar-refractivity contribution < 1.29 is 22.0 Å². The van der Waals surface area contributed by atoms with Crippen LogP contribution in [0.25, 0.3) is 0 Å². The standard InChI is InChI=1S/C13H11F2N3O3S/c14-12(15)8-17-9(5-6-16-17)7-18-13(19)10-3-1-2-4-11(10)22(18,20)21/h1-6,12H,7-8H2. The van der Waals surface area contributed by atoms with Crippen molar-refractivity contribution in [1.29, 1.82) is 0 Å². The van der Waals surface area contributed by atoms with Crippen molar-refractivity contribution in [3.05, 3.63) is 47.8 Å². The summed E-state index contributed by atoms with van der Waals surface area (Å²) in [6, 6.07) is 7.27. The Morgan fingerprint density at radius 2 is 1.91 bits per heavy atom. The molecular weight excluding hydrogens is 316 g/mol. The molecule has 22 heavy (non-hydrogen) atoms. The fourth-order valence-electron chi connectivity index (χ4n) is 2.32. The first-order valence-corrected chi connectivity index (χ1v) is 7.80. The summed E-state index contributed by atoms with van der Waals surface area (Å²) in [7, 11) is -3.96. The van der Waals surface area contributed by atoms with Gasteiger partial charge in [0.15, 0.2) is 0 Å². The van der Waals surface area contributed by atoms with Gasteiger partial charge in [0.2, 0.25) is 0 Å². The number of fused-ring (bicyclic) bond motifs is 1. The predicted molar refractivity (Wildman–Crippen MR) is 71.7 cm³/mol. The number of carbonyl (C=O) groups is 1. The lowest BCUT2D eigenvalue weighted by Crippen LogP contribution is -2.30. The average molecular weight is 327 g/mol. The van der Waals surface area contributed by atoms with Crippen molar-refractivity contribution in [2.24, 2.45) is 0 Å². The van der Waals surface area contributed by atoms with Crippen molar-refractivity contribution in [2.75, 3.05) is 0 Å². The molecule has 1 aliphatic heterocycles. The Balaban J connectivity index is 1.95. The molecule has 2 aromatic rings. The Morgan fingerprint density at radius 1 is 1.18 bits per heavy atom. The molecule has 6 nitrogen and oxygen atoms in total. The molecular formula is C13H11F2N3O3S. The van der Waals surface area contributed by atoms with Gasteiger partial charge in [-0.1, -0.05) is 12.1 Å². The molecule has 2 heterocycles. The van der Waals surface area contributed by atoms with Crippen LogP contribution >= 0.6 is 0 Å². The zero-order chi connectivity index (χ0) is 15.9. The first-order valence-electron chi connectivity index (χ1n) is 6.36. The molecule has 0 N–H and O–H groups in total. The van der Waals surface area contributed by atoms with Crippen LogP contribution in [0.15, 0.2) is 41.4 Å². The first-order chi connectivity index (χ1) is 10.4. The van der Waals surface area contributed by atoms with Crippen LogP contribution in [0, 0.1) is 0 Å². The molecule has 1 aliphatic rings. The summed E-state index contributed by atoms with van der Waals surface area (Å²) in [4.78, 5) is 12.2. The number of amides is 1. The van der Waals surface area contributed by atoms with Crippen LogP contribution in [-0.4, -0.2) is 34.8 Å². The summed E-state index contributed by atoms with van der Waals surface area (Å²) in [6.45, 7) is -0.986. The van der Waals surface area contributed by atoms with Gasteiger partial charge in [-0.05, 0) is 18.2 Å². The lowest BCUT2D eigenvalue weighted by Gasteiger charge is -2.16. The van der Waals surface area contributed by atoms with Gasteiger partial charge in [-0.2, -0.15) is 5.10 Å². The van der Waals surface area contributed by atoms with Crippen LogP contribution in [0.2, 0.25) is 0 Å². The van der Waals surface area contributed by atoms with Gasteiger partial charge >= 0.3 is 0 Å². The number of halogens is 2. The minimum atomic E-state index is -3.96. The molecule has 0 fully saturated rings. The van der Waals surface area contributed by atoms with Crippen molar-refractivity contribution in [1.82, 2.24) is 14.1 Å². The monoisotopic (exact) mass is 327 g/mol. The van der Waals surface area contributed by atoms with E-state index < -0.39 is 28.9 Å². The highest BCUT2D eigenvalue weighted by Gasteiger charge is 2.41. The Morgan fingerprint density at radius 3 is 2.59 bits per heavy atom. The quantitative estimate of drug-likeness (QED) is 0.853. The van der Waals surface area contributed by atoms with Crippen LogP contribution in [0.1, 0.15) is 16.1 Å². The van der Waals surface area contributed by atoms with Crippen molar-refractivity contribution in [3.8, 4) is 0 Å². The van der Waals surface area contributed by atoms with E-state index >= 15 is 0 Å². The first kappa shape index (κ1) is 14.6. The number of carbonyl (C=O) groups excluding carboxylic acids is 1. The SMILES string of the molecule is O=C1c2ccccc2S(=O)(=O)N1Cc1ccnn1CC(F)F. The lowest BCUT2D eigenvalue weighted by molar-refractivity contribution is 0.0860. The van der Waals surface area contributed by atoms with Gasteiger partial charge in [0.25, 0.3) is 22.4 Å². The number of hydrogen-bond acceptors (Lipinski definition) is 4. The van der Waals surface area contributed by atoms with Crippen LogP contribution < -0.4 is 0 Å². The maximum absolute atomic E-state index is 12.5. The number of nitrogens with zero attached hydrogens (tertiary/aromatic N) is 3. The normalized spacial score (nSPS) is 16.3. The zero-order valence-corrected chi connectivity index (χ0v) is 12.0. The molecule has 0 saturated carbocycles. The molecule has 0 bridgehead atoms. The van der Waals surface area contributed by atoms with Gasteiger partial charge in [-0.15, -0.1) is 0 Å². The molecule has 1 aromatic carbocycles. The maximum Gasteiger partial charge on any atom is 0.269 e. The third kappa shape index (κ3) is 2.27. The van der Waals surface area contributed by atoms with E-state index in [1.807, 2.05) is 0 Å². The number of benzene rings is 1. The molecule has 0 radical (unpaired) electrons. The smallest absolute Gasteiger partial charge is 0.268 e. The van der Waals surface area contributed by atoms with Gasteiger partial charge in [-0.3, -0.25) is 9.48 Å². The largest absolute Gasteiger partial charge is 0.269 e. The van der Waals surface area contributed by atoms with E-state index in [9.17, 15) is 22.0 Å². The van der Waals surface area contributed by atoms with Crippen molar-refractivity contribution >= 4 is 15.9 Å². The molecule has 0 unspecified atom stereocenters. The third-order valence-corrected chi connectivity index (χ3v) is 5.12. The molecule has 0 aliphatic carbocycles. The molecule has 0 saturated heterocycles. The van der Waals surface area contributed by atoms with E-state index in [1.165, 1.54) is 30.5 Å². The molecule has 0 atom stereocenters. The Bertz CT molecular complexity index is 833. The van der Waals surface area contributed by atoms with Crippen LogP contribution in [-0.2, 0) is 23.1 Å². The minimum absolute atomic E-state index is 0.0695. The summed E-state index contributed by atoms with van der Waals surface area (Å²) in [5.74, 6) is -0.666. The van der Waals surface area contributed by atoms with Crippen LogP contribution in [0.5, 0.6) is 0 Å². The lowest BCUT2D eigenvalue weighted by atomic mass is 10.2. The highest BCUT2D eigenvalue weighted by Crippen LogP contribution is 2.31. The fraction of sp³-hybridized carbons (Fsp3) is 0.231. The average Bonchev–Trinajstić information content (AvgIpc) is 2.96. The van der Waals surface area contributed by atoms with Crippen LogP contribution in [0.3, 0.4) is 0 Å². The molecule has 1 aromatic heterocycles. The minimum Gasteiger partial charge on any atom is -0.268 e. The summed E-state index contributed by atoms with van der Waals surface area (Å²) in [6.07, 6.45) is -1.33. The van der Waals surface area contributed by atoms with E-state index in [0.717, 1.165) is 4.68 Å². The van der Waals surface area contributed by atoms with E-state index in [2.05, 4.69) is 5.10 Å². The van der Waals surface area contributed by atoms with Gasteiger partial charge in [0.1, 0.15) is 11.4 Å². The Labute approximate surface area is 125 Å². The summed E-state index contributed by atoms with van der Waals surface area (Å²) in [5.41, 5.74) is 0.312. The molecule has 9 heteroatoms. The van der Waals surface area contributed by atoms with Gasteiger partial charge in [0, 0.05) is 6.20 Å². The second-order valence-corrected chi connectivity index (χ2v) is 6.54. The number of rotatable bonds is 4. The summed E-state index contributed by atoms with van der Waals surface area (Å²) < 4.78 is 51.4. The molecule has 116 valence electrons. The van der Waals surface area contributed by atoms with Crippen LogP contribution in [0.4, 0.5) is 8.78 Å². The number of alkyl halides is 2. The van der Waals surface area contributed by atoms with E-state index in [1.54, 1.807) is 6.07 Å². The number of sulfonamides is 1. The molecule has 0 spiro atoms. The van der Waals surface area contributed by atoms with E-state index in [4.69, 9.17) is 0 Å². The number of aromatic nitrogens is 2. The molecule has 1 amide bonds. The fourth-order valence-corrected chi connectivity index (χ4v) is 3.86. The summed E-state index contributed by atoms with van der Waals surface area (Å²) >= 11 is 0. The van der Waals surface area contributed by atoms with Crippen molar-refractivity contribution in [3.63, 3.8) is 0 Å². The zero-order valence-electron chi connectivity index (χ0n) is 11.2. The van der Waals surface area contributed by atoms with E-state index in [0.29, 0.717) is 4.31 Å². The summed E-state index contributed by atoms with van der Waals surface area (Å²) in [5, 5.41) is 3.72. The van der Waals surface area contributed by atoms with Gasteiger partial charge in [-0.25, -0.2) is 21.5 Å². The Hall–Kier alpha value is -2.29. The Kier molecular flexibility index (Phi) is 3.44. The highest BCUT2D eigenvalue weighted by molar-refractivity contribution is 7.90. The van der Waals surface area contributed by atoms with Crippen molar-refractivity contribution in [2.45, 2.75) is 24.4 Å². The van der Waals surface area contributed by atoms with Gasteiger partial charge in [0.05, 0.1) is 17.8 Å². The van der Waals surface area contributed by atoms with Gasteiger partial charge < -0.3 is 0 Å². The third-order valence-electron chi connectivity index (χ3n) is 3.33. The predicted octanol–water partition coefficient (Wildman–Crippen LogP) is 1.49. The molecule has 3 rings (SSSR count). The second-order valence-electron chi connectivity index (χ2n) is 4.71.